The summed E-state index contributed by atoms with van der Waals surface area (Å²) in [6, 6.07) is 0. The van der Waals surface area contributed by atoms with Gasteiger partial charge in [-0.15, -0.1) is 0 Å². The number of carbonyl (C=O) groups is 2. The SMILES string of the molecule is CC(CC(=O)N(CCC(=O)O)C(C)(C)C)CC(C)(C)C. The molecule has 0 rings (SSSR count). The van der Waals surface area contributed by atoms with Crippen molar-refractivity contribution < 1.29 is 14.7 Å². The molecule has 0 radical (unpaired) electrons. The van der Waals surface area contributed by atoms with Crippen LogP contribution in [0.3, 0.4) is 0 Å². The highest BCUT2D eigenvalue weighted by Crippen LogP contribution is 2.27. The minimum Gasteiger partial charge on any atom is -0.481 e. The standard InChI is InChI=1S/C16H31NO3/c1-12(11-15(2,3)4)10-13(18)17(16(5,6)7)9-8-14(19)20/h12H,8-11H2,1-7H3,(H,19,20). The Labute approximate surface area is 123 Å². The number of hydrogen-bond donors (Lipinski definition) is 1. The molecule has 0 bridgehead atoms. The third-order valence-corrected chi connectivity index (χ3v) is 3.14. The molecule has 0 saturated heterocycles. The highest BCUT2D eigenvalue weighted by Gasteiger charge is 2.28. The van der Waals surface area contributed by atoms with Crippen LogP contribution in [0.15, 0.2) is 0 Å². The Kier molecular flexibility index (Phi) is 6.72. The molecule has 0 saturated carbocycles. The van der Waals surface area contributed by atoms with Crippen molar-refractivity contribution in [3.8, 4) is 0 Å². The van der Waals surface area contributed by atoms with E-state index in [1.165, 1.54) is 0 Å². The van der Waals surface area contributed by atoms with Crippen molar-refractivity contribution in [2.75, 3.05) is 6.54 Å². The minimum absolute atomic E-state index is 0.00331. The van der Waals surface area contributed by atoms with Gasteiger partial charge in [-0.05, 0) is 38.5 Å². The van der Waals surface area contributed by atoms with Crippen LogP contribution in [0.25, 0.3) is 0 Å². The lowest BCUT2D eigenvalue weighted by Gasteiger charge is -2.36. The topological polar surface area (TPSA) is 57.6 Å². The Hall–Kier alpha value is -1.06. The average Bonchev–Trinajstić information content (AvgIpc) is 2.10. The van der Waals surface area contributed by atoms with Crippen molar-refractivity contribution in [3.05, 3.63) is 0 Å². The third kappa shape index (κ3) is 8.18. The van der Waals surface area contributed by atoms with Crippen LogP contribution in [0.2, 0.25) is 0 Å². The summed E-state index contributed by atoms with van der Waals surface area (Å²) in [5, 5.41) is 8.81. The predicted molar refractivity (Wildman–Crippen MR) is 81.6 cm³/mol. The van der Waals surface area contributed by atoms with Gasteiger partial charge >= 0.3 is 5.97 Å². The summed E-state index contributed by atoms with van der Waals surface area (Å²) in [6.07, 6.45) is 1.46. The zero-order chi connectivity index (χ0) is 16.1. The molecule has 0 fully saturated rings. The fourth-order valence-electron chi connectivity index (χ4n) is 2.57. The van der Waals surface area contributed by atoms with Gasteiger partial charge in [-0.1, -0.05) is 27.7 Å². The minimum atomic E-state index is -0.866. The van der Waals surface area contributed by atoms with E-state index in [1.807, 2.05) is 20.8 Å². The van der Waals surface area contributed by atoms with E-state index < -0.39 is 5.97 Å². The second-order valence-corrected chi connectivity index (χ2v) is 7.93. The smallest absolute Gasteiger partial charge is 0.305 e. The molecule has 0 aromatic carbocycles. The molecular weight excluding hydrogens is 254 g/mol. The van der Waals surface area contributed by atoms with Crippen LogP contribution in [0.4, 0.5) is 0 Å². The van der Waals surface area contributed by atoms with E-state index in [1.54, 1.807) is 4.90 Å². The van der Waals surface area contributed by atoms with Gasteiger partial charge in [-0.3, -0.25) is 9.59 Å². The summed E-state index contributed by atoms with van der Waals surface area (Å²) in [5.41, 5.74) is -0.138. The van der Waals surface area contributed by atoms with Crippen molar-refractivity contribution in [2.45, 2.75) is 73.3 Å². The van der Waals surface area contributed by atoms with Gasteiger partial charge in [-0.2, -0.15) is 0 Å². The van der Waals surface area contributed by atoms with Gasteiger partial charge in [0.15, 0.2) is 0 Å². The highest BCUT2D eigenvalue weighted by molar-refractivity contribution is 5.78. The summed E-state index contributed by atoms with van der Waals surface area (Å²) in [5.74, 6) is -0.512. The number of carbonyl (C=O) groups excluding carboxylic acids is 1. The molecule has 0 heterocycles. The Balaban J connectivity index is 4.67. The lowest BCUT2D eigenvalue weighted by molar-refractivity contribution is -0.141. The van der Waals surface area contributed by atoms with Crippen LogP contribution >= 0.6 is 0 Å². The van der Waals surface area contributed by atoms with E-state index in [9.17, 15) is 9.59 Å². The highest BCUT2D eigenvalue weighted by atomic mass is 16.4. The van der Waals surface area contributed by atoms with Crippen LogP contribution in [-0.2, 0) is 9.59 Å². The first-order chi connectivity index (χ1) is 8.83. The van der Waals surface area contributed by atoms with E-state index in [2.05, 4.69) is 27.7 Å². The summed E-state index contributed by atoms with van der Waals surface area (Å²) in [7, 11) is 0. The van der Waals surface area contributed by atoms with Crippen LogP contribution in [0.5, 0.6) is 0 Å². The molecule has 4 heteroatoms. The van der Waals surface area contributed by atoms with E-state index in [-0.39, 0.29) is 29.8 Å². The van der Waals surface area contributed by atoms with E-state index in [0.29, 0.717) is 12.3 Å². The molecular formula is C16H31NO3. The molecule has 0 aromatic heterocycles. The lowest BCUT2D eigenvalue weighted by Crippen LogP contribution is -2.47. The monoisotopic (exact) mass is 285 g/mol. The van der Waals surface area contributed by atoms with Crippen molar-refractivity contribution in [2.24, 2.45) is 11.3 Å². The normalized spacial score (nSPS) is 13.9. The molecule has 0 spiro atoms. The molecule has 0 aliphatic heterocycles. The summed E-state index contributed by atoms with van der Waals surface area (Å²) in [4.78, 5) is 24.9. The molecule has 20 heavy (non-hydrogen) atoms. The molecule has 0 aliphatic carbocycles. The van der Waals surface area contributed by atoms with Crippen molar-refractivity contribution in [1.29, 1.82) is 0 Å². The quantitative estimate of drug-likeness (QED) is 0.812. The molecule has 0 aliphatic rings. The first kappa shape index (κ1) is 18.9. The molecule has 4 nitrogen and oxygen atoms in total. The fourth-order valence-corrected chi connectivity index (χ4v) is 2.57. The first-order valence-corrected chi connectivity index (χ1v) is 7.35. The maximum Gasteiger partial charge on any atom is 0.305 e. The maximum absolute atomic E-state index is 12.4. The molecule has 1 atom stereocenters. The zero-order valence-electron chi connectivity index (χ0n) is 14.1. The van der Waals surface area contributed by atoms with Gasteiger partial charge in [0.25, 0.3) is 0 Å². The second-order valence-electron chi connectivity index (χ2n) is 7.93. The molecule has 1 amide bonds. The van der Waals surface area contributed by atoms with Gasteiger partial charge in [0.2, 0.25) is 5.91 Å². The van der Waals surface area contributed by atoms with Crippen molar-refractivity contribution in [3.63, 3.8) is 0 Å². The first-order valence-electron chi connectivity index (χ1n) is 7.35. The Bertz CT molecular complexity index is 337. The molecule has 118 valence electrons. The maximum atomic E-state index is 12.4. The van der Waals surface area contributed by atoms with Gasteiger partial charge < -0.3 is 10.0 Å². The summed E-state index contributed by atoms with van der Waals surface area (Å²) < 4.78 is 0. The van der Waals surface area contributed by atoms with Crippen LogP contribution < -0.4 is 0 Å². The van der Waals surface area contributed by atoms with Gasteiger partial charge in [0.05, 0.1) is 6.42 Å². The van der Waals surface area contributed by atoms with E-state index >= 15 is 0 Å². The number of nitrogens with zero attached hydrogens (tertiary/aromatic N) is 1. The Morgan fingerprint density at radius 2 is 1.60 bits per heavy atom. The molecule has 0 aromatic rings. The largest absolute Gasteiger partial charge is 0.481 e. The second kappa shape index (κ2) is 7.09. The average molecular weight is 285 g/mol. The number of carboxylic acid groups (broad SMARTS) is 1. The Morgan fingerprint density at radius 3 is 1.95 bits per heavy atom. The summed E-state index contributed by atoms with van der Waals surface area (Å²) in [6.45, 7) is 14.7. The number of amides is 1. The zero-order valence-corrected chi connectivity index (χ0v) is 14.1. The molecule has 1 unspecified atom stereocenters. The predicted octanol–water partition coefficient (Wildman–Crippen LogP) is 3.55. The summed E-state index contributed by atoms with van der Waals surface area (Å²) >= 11 is 0. The van der Waals surface area contributed by atoms with Crippen LogP contribution in [0, 0.1) is 11.3 Å². The van der Waals surface area contributed by atoms with Gasteiger partial charge in [-0.25, -0.2) is 0 Å². The van der Waals surface area contributed by atoms with Gasteiger partial charge in [0.1, 0.15) is 0 Å². The number of hydrogen-bond acceptors (Lipinski definition) is 2. The van der Waals surface area contributed by atoms with Gasteiger partial charge in [0, 0.05) is 18.5 Å². The Morgan fingerprint density at radius 1 is 1.10 bits per heavy atom. The molecule has 1 N–H and O–H groups in total. The third-order valence-electron chi connectivity index (χ3n) is 3.14. The number of rotatable bonds is 6. The fraction of sp³-hybridized carbons (Fsp3) is 0.875. The van der Waals surface area contributed by atoms with Crippen molar-refractivity contribution in [1.82, 2.24) is 4.90 Å². The van der Waals surface area contributed by atoms with Crippen LogP contribution in [0.1, 0.15) is 67.7 Å². The lowest BCUT2D eigenvalue weighted by atomic mass is 9.84. The van der Waals surface area contributed by atoms with E-state index in [4.69, 9.17) is 5.11 Å². The van der Waals surface area contributed by atoms with E-state index in [0.717, 1.165) is 6.42 Å². The number of carboxylic acids is 1. The number of aliphatic carboxylic acids is 1. The van der Waals surface area contributed by atoms with Crippen LogP contribution in [-0.4, -0.2) is 34.0 Å². The van der Waals surface area contributed by atoms with Crippen molar-refractivity contribution >= 4 is 11.9 Å².